The van der Waals surface area contributed by atoms with Crippen LogP contribution in [-0.2, 0) is 9.59 Å². The number of carboxylic acids is 1. The summed E-state index contributed by atoms with van der Waals surface area (Å²) in [7, 11) is 0. The summed E-state index contributed by atoms with van der Waals surface area (Å²) in [6.45, 7) is 3.42. The fourth-order valence-corrected chi connectivity index (χ4v) is 1.35. The van der Waals surface area contributed by atoms with Crippen molar-refractivity contribution in [3.63, 3.8) is 0 Å². The summed E-state index contributed by atoms with van der Waals surface area (Å²) < 4.78 is 0. The van der Waals surface area contributed by atoms with Crippen molar-refractivity contribution in [1.29, 1.82) is 0 Å². The van der Waals surface area contributed by atoms with Crippen LogP contribution >= 0.6 is 0 Å². The van der Waals surface area contributed by atoms with E-state index in [0.29, 0.717) is 6.42 Å². The second kappa shape index (κ2) is 8.10. The van der Waals surface area contributed by atoms with Crippen LogP contribution < -0.4 is 5.32 Å². The van der Waals surface area contributed by atoms with Crippen molar-refractivity contribution < 1.29 is 19.8 Å². The van der Waals surface area contributed by atoms with Gasteiger partial charge in [-0.2, -0.15) is 0 Å². The summed E-state index contributed by atoms with van der Waals surface area (Å²) >= 11 is 0. The van der Waals surface area contributed by atoms with Gasteiger partial charge in [-0.25, -0.2) is 4.79 Å². The molecule has 94 valence electrons. The van der Waals surface area contributed by atoms with Gasteiger partial charge in [-0.05, 0) is 13.3 Å². The van der Waals surface area contributed by atoms with Crippen LogP contribution in [0.15, 0.2) is 0 Å². The zero-order valence-corrected chi connectivity index (χ0v) is 9.90. The molecule has 0 radical (unpaired) electrons. The van der Waals surface area contributed by atoms with Gasteiger partial charge in [0.1, 0.15) is 0 Å². The Hall–Kier alpha value is -1.10. The molecule has 0 fully saturated rings. The van der Waals surface area contributed by atoms with Crippen LogP contribution in [0.1, 0.15) is 46.0 Å². The normalized spacial score (nSPS) is 14.2. The first kappa shape index (κ1) is 14.9. The summed E-state index contributed by atoms with van der Waals surface area (Å²) in [6.07, 6.45) is 3.12. The van der Waals surface area contributed by atoms with Gasteiger partial charge in [0.05, 0.1) is 6.10 Å². The maximum atomic E-state index is 11.3. The van der Waals surface area contributed by atoms with Crippen molar-refractivity contribution in [2.24, 2.45) is 0 Å². The molecule has 5 heteroatoms. The van der Waals surface area contributed by atoms with Gasteiger partial charge < -0.3 is 15.5 Å². The van der Waals surface area contributed by atoms with Crippen LogP contribution in [-0.4, -0.2) is 34.2 Å². The van der Waals surface area contributed by atoms with E-state index in [1.165, 1.54) is 6.92 Å². The van der Waals surface area contributed by atoms with E-state index in [0.717, 1.165) is 25.7 Å². The van der Waals surface area contributed by atoms with Gasteiger partial charge in [-0.1, -0.05) is 26.2 Å². The fourth-order valence-electron chi connectivity index (χ4n) is 1.35. The Kier molecular flexibility index (Phi) is 7.54. The second-order valence-electron chi connectivity index (χ2n) is 3.93. The van der Waals surface area contributed by atoms with Crippen LogP contribution in [0, 0.1) is 0 Å². The van der Waals surface area contributed by atoms with E-state index < -0.39 is 18.1 Å². The van der Waals surface area contributed by atoms with Crippen LogP contribution in [0.4, 0.5) is 0 Å². The minimum Gasteiger partial charge on any atom is -0.480 e. The highest BCUT2D eigenvalue weighted by atomic mass is 16.4. The van der Waals surface area contributed by atoms with E-state index >= 15 is 0 Å². The molecule has 2 atom stereocenters. The number of hydrogen-bond acceptors (Lipinski definition) is 3. The Labute approximate surface area is 95.9 Å². The summed E-state index contributed by atoms with van der Waals surface area (Å²) in [5, 5.41) is 20.2. The predicted molar refractivity (Wildman–Crippen MR) is 60.0 cm³/mol. The SMILES string of the molecule is CCCCCCC(=O)NC(C(=O)O)C(C)O. The summed E-state index contributed by atoms with van der Waals surface area (Å²) in [5.74, 6) is -1.53. The lowest BCUT2D eigenvalue weighted by Crippen LogP contribution is -2.47. The number of amides is 1. The van der Waals surface area contributed by atoms with E-state index in [2.05, 4.69) is 12.2 Å². The summed E-state index contributed by atoms with van der Waals surface area (Å²) in [5.41, 5.74) is 0. The number of carboxylic acid groups (broad SMARTS) is 1. The molecule has 0 spiro atoms. The molecule has 0 bridgehead atoms. The number of nitrogens with one attached hydrogen (secondary N) is 1. The van der Waals surface area contributed by atoms with Gasteiger partial charge in [-0.3, -0.25) is 4.79 Å². The van der Waals surface area contributed by atoms with Crippen molar-refractivity contribution in [2.75, 3.05) is 0 Å². The number of unbranched alkanes of at least 4 members (excludes halogenated alkanes) is 3. The van der Waals surface area contributed by atoms with Crippen molar-refractivity contribution in [3.05, 3.63) is 0 Å². The number of hydrogen-bond donors (Lipinski definition) is 3. The van der Waals surface area contributed by atoms with Crippen LogP contribution in [0.2, 0.25) is 0 Å². The third-order valence-electron chi connectivity index (χ3n) is 2.32. The highest BCUT2D eigenvalue weighted by Gasteiger charge is 2.24. The largest absolute Gasteiger partial charge is 0.480 e. The molecule has 2 unspecified atom stereocenters. The molecule has 0 aromatic rings. The lowest BCUT2D eigenvalue weighted by atomic mass is 10.1. The monoisotopic (exact) mass is 231 g/mol. The first-order valence-corrected chi connectivity index (χ1v) is 5.69. The van der Waals surface area contributed by atoms with Crippen LogP contribution in [0.25, 0.3) is 0 Å². The van der Waals surface area contributed by atoms with Gasteiger partial charge in [0.2, 0.25) is 5.91 Å². The number of aliphatic carboxylic acids is 1. The average molecular weight is 231 g/mol. The third kappa shape index (κ3) is 6.40. The first-order chi connectivity index (χ1) is 7.49. The molecule has 0 rings (SSSR count). The molecule has 0 aliphatic rings. The van der Waals surface area contributed by atoms with Gasteiger partial charge >= 0.3 is 5.97 Å². The number of aliphatic hydroxyl groups excluding tert-OH is 1. The molecule has 0 aromatic heterocycles. The molecule has 16 heavy (non-hydrogen) atoms. The maximum Gasteiger partial charge on any atom is 0.328 e. The topological polar surface area (TPSA) is 86.6 Å². The maximum absolute atomic E-state index is 11.3. The molecule has 3 N–H and O–H groups in total. The van der Waals surface area contributed by atoms with Gasteiger partial charge in [0.25, 0.3) is 0 Å². The minimum atomic E-state index is -1.21. The summed E-state index contributed by atoms with van der Waals surface area (Å²) in [6, 6.07) is -1.21. The smallest absolute Gasteiger partial charge is 0.328 e. The molecule has 1 amide bonds. The molecular weight excluding hydrogens is 210 g/mol. The number of rotatable bonds is 8. The Bertz CT molecular complexity index is 228. The van der Waals surface area contributed by atoms with E-state index in [9.17, 15) is 9.59 Å². The molecule has 0 aliphatic carbocycles. The third-order valence-corrected chi connectivity index (χ3v) is 2.32. The molecule has 0 aliphatic heterocycles. The highest BCUT2D eigenvalue weighted by Crippen LogP contribution is 2.03. The lowest BCUT2D eigenvalue weighted by Gasteiger charge is -2.16. The van der Waals surface area contributed by atoms with Crippen molar-refractivity contribution in [3.8, 4) is 0 Å². The van der Waals surface area contributed by atoms with Crippen molar-refractivity contribution in [1.82, 2.24) is 5.32 Å². The Balaban J connectivity index is 3.87. The average Bonchev–Trinajstić information content (AvgIpc) is 2.20. The molecule has 0 heterocycles. The molecule has 0 aromatic carbocycles. The number of carbonyl (C=O) groups is 2. The summed E-state index contributed by atoms with van der Waals surface area (Å²) in [4.78, 5) is 22.0. The first-order valence-electron chi connectivity index (χ1n) is 5.69. The van der Waals surface area contributed by atoms with Gasteiger partial charge in [-0.15, -0.1) is 0 Å². The Morgan fingerprint density at radius 2 is 1.88 bits per heavy atom. The van der Waals surface area contributed by atoms with Crippen LogP contribution in [0.5, 0.6) is 0 Å². The number of carbonyl (C=O) groups excluding carboxylic acids is 1. The zero-order valence-electron chi connectivity index (χ0n) is 9.90. The molecule has 0 saturated carbocycles. The second-order valence-corrected chi connectivity index (χ2v) is 3.93. The van der Waals surface area contributed by atoms with E-state index in [-0.39, 0.29) is 5.91 Å². The minimum absolute atomic E-state index is 0.315. The molecule has 5 nitrogen and oxygen atoms in total. The molecular formula is C11H21NO4. The van der Waals surface area contributed by atoms with Crippen LogP contribution in [0.3, 0.4) is 0 Å². The Morgan fingerprint density at radius 3 is 2.31 bits per heavy atom. The van der Waals surface area contributed by atoms with Gasteiger partial charge in [0.15, 0.2) is 6.04 Å². The van der Waals surface area contributed by atoms with E-state index in [1.807, 2.05) is 0 Å². The number of aliphatic hydroxyl groups is 1. The lowest BCUT2D eigenvalue weighted by molar-refractivity contribution is -0.144. The van der Waals surface area contributed by atoms with E-state index in [4.69, 9.17) is 10.2 Å². The van der Waals surface area contributed by atoms with E-state index in [1.54, 1.807) is 0 Å². The quantitative estimate of drug-likeness (QED) is 0.542. The highest BCUT2D eigenvalue weighted by molar-refractivity contribution is 5.83. The van der Waals surface area contributed by atoms with Crippen molar-refractivity contribution >= 4 is 11.9 Å². The Morgan fingerprint density at radius 1 is 1.25 bits per heavy atom. The standard InChI is InChI=1S/C11H21NO4/c1-3-4-5-6-7-9(14)12-10(8(2)13)11(15)16/h8,10,13H,3-7H2,1-2H3,(H,12,14)(H,15,16). The van der Waals surface area contributed by atoms with Gasteiger partial charge in [0, 0.05) is 6.42 Å². The fraction of sp³-hybridized carbons (Fsp3) is 0.818. The predicted octanol–water partition coefficient (Wildman–Crippen LogP) is 0.907. The van der Waals surface area contributed by atoms with Crippen molar-refractivity contribution in [2.45, 2.75) is 58.1 Å². The zero-order chi connectivity index (χ0) is 12.6. The molecule has 0 saturated heterocycles.